The van der Waals surface area contributed by atoms with Gasteiger partial charge >= 0.3 is 6.03 Å². The first kappa shape index (κ1) is 17.1. The summed E-state index contributed by atoms with van der Waals surface area (Å²) in [6.07, 6.45) is 2.55. The second-order valence-electron chi connectivity index (χ2n) is 8.03. The standard InChI is InChI=1S/C19H26ClN3O2/c1-12-5-4-6-15(20)17(12)21-18(24)23-10-14-13(9-22(2)3)16-7-8-19(14,11-23)25-16/h4-6,13-14,16H,7-11H2,1-3H3,(H,21,24)/t13-,14+,16+,19+/m0/s1. The number of likely N-dealkylation sites (tertiary alicyclic amines) is 1. The van der Waals surface area contributed by atoms with Crippen LogP contribution < -0.4 is 5.32 Å². The monoisotopic (exact) mass is 363 g/mol. The summed E-state index contributed by atoms with van der Waals surface area (Å²) in [6.45, 7) is 4.44. The summed E-state index contributed by atoms with van der Waals surface area (Å²) in [5, 5.41) is 3.59. The number of nitrogens with one attached hydrogen (secondary N) is 1. The molecule has 4 atom stereocenters. The van der Waals surface area contributed by atoms with Crippen molar-refractivity contribution in [2.24, 2.45) is 11.8 Å². The number of amides is 2. The molecule has 3 aliphatic heterocycles. The number of halogens is 1. The molecular formula is C19H26ClN3O2. The number of urea groups is 1. The van der Waals surface area contributed by atoms with Gasteiger partial charge in [-0.15, -0.1) is 0 Å². The Morgan fingerprint density at radius 1 is 1.48 bits per heavy atom. The van der Waals surface area contributed by atoms with Gasteiger partial charge in [-0.05, 0) is 45.5 Å². The Kier molecular flexibility index (Phi) is 4.21. The number of benzene rings is 1. The van der Waals surface area contributed by atoms with Crippen LogP contribution in [0, 0.1) is 18.8 Å². The first-order valence-electron chi connectivity index (χ1n) is 9.03. The highest BCUT2D eigenvalue weighted by molar-refractivity contribution is 6.33. The van der Waals surface area contributed by atoms with Crippen LogP contribution in [0.25, 0.3) is 0 Å². The molecule has 1 aromatic rings. The van der Waals surface area contributed by atoms with Crippen LogP contribution in [0.1, 0.15) is 18.4 Å². The molecule has 0 saturated carbocycles. The number of hydrogen-bond acceptors (Lipinski definition) is 3. The fraction of sp³-hybridized carbons (Fsp3) is 0.632. The molecular weight excluding hydrogens is 338 g/mol. The van der Waals surface area contributed by atoms with E-state index < -0.39 is 0 Å². The maximum Gasteiger partial charge on any atom is 0.322 e. The average Bonchev–Trinajstić information content (AvgIpc) is 3.20. The van der Waals surface area contributed by atoms with Gasteiger partial charge in [0.15, 0.2) is 0 Å². The maximum absolute atomic E-state index is 12.8. The highest BCUT2D eigenvalue weighted by Crippen LogP contribution is 2.55. The number of rotatable bonds is 3. The van der Waals surface area contributed by atoms with Gasteiger partial charge in [0, 0.05) is 24.9 Å². The van der Waals surface area contributed by atoms with Crippen molar-refractivity contribution in [3.8, 4) is 0 Å². The van der Waals surface area contributed by atoms with Crippen molar-refractivity contribution in [3.05, 3.63) is 28.8 Å². The second kappa shape index (κ2) is 6.15. The molecule has 0 aromatic heterocycles. The van der Waals surface area contributed by atoms with Crippen LogP contribution in [-0.4, -0.2) is 61.3 Å². The van der Waals surface area contributed by atoms with Crippen LogP contribution in [0.15, 0.2) is 18.2 Å². The highest BCUT2D eigenvalue weighted by atomic mass is 35.5. The molecule has 0 radical (unpaired) electrons. The number of ether oxygens (including phenoxy) is 1. The topological polar surface area (TPSA) is 44.8 Å². The van der Waals surface area contributed by atoms with Crippen LogP contribution in [0.2, 0.25) is 5.02 Å². The van der Waals surface area contributed by atoms with Gasteiger partial charge in [0.1, 0.15) is 0 Å². The summed E-state index contributed by atoms with van der Waals surface area (Å²) in [5.74, 6) is 0.954. The molecule has 1 N–H and O–H groups in total. The van der Waals surface area contributed by atoms with Gasteiger partial charge in [0.2, 0.25) is 0 Å². The molecule has 3 fully saturated rings. The molecule has 4 rings (SSSR count). The first-order chi connectivity index (χ1) is 11.9. The van der Waals surface area contributed by atoms with Crippen LogP contribution in [0.4, 0.5) is 10.5 Å². The molecule has 2 amide bonds. The van der Waals surface area contributed by atoms with E-state index in [0.717, 1.165) is 31.5 Å². The molecule has 1 spiro atoms. The van der Waals surface area contributed by atoms with E-state index in [1.54, 1.807) is 6.07 Å². The third kappa shape index (κ3) is 2.82. The first-order valence-corrected chi connectivity index (χ1v) is 9.41. The molecule has 3 aliphatic rings. The number of para-hydroxylation sites is 1. The van der Waals surface area contributed by atoms with Crippen molar-refractivity contribution in [2.45, 2.75) is 31.5 Å². The number of carbonyl (C=O) groups is 1. The lowest BCUT2D eigenvalue weighted by Gasteiger charge is -2.30. The molecule has 3 heterocycles. The van der Waals surface area contributed by atoms with Crippen LogP contribution in [0.5, 0.6) is 0 Å². The predicted octanol–water partition coefficient (Wildman–Crippen LogP) is 3.22. The fourth-order valence-corrected chi connectivity index (χ4v) is 5.26. The third-order valence-corrected chi connectivity index (χ3v) is 6.42. The van der Waals surface area contributed by atoms with Crippen LogP contribution >= 0.6 is 11.6 Å². The lowest BCUT2D eigenvalue weighted by Crippen LogP contribution is -2.40. The van der Waals surface area contributed by atoms with Crippen LogP contribution in [0.3, 0.4) is 0 Å². The fourth-order valence-electron chi connectivity index (χ4n) is 4.99. The summed E-state index contributed by atoms with van der Waals surface area (Å²) in [7, 11) is 4.22. The number of carbonyl (C=O) groups excluding carboxylic acids is 1. The average molecular weight is 364 g/mol. The smallest absolute Gasteiger partial charge is 0.322 e. The van der Waals surface area contributed by atoms with Crippen molar-refractivity contribution >= 4 is 23.3 Å². The summed E-state index contributed by atoms with van der Waals surface area (Å²) >= 11 is 6.25. The third-order valence-electron chi connectivity index (χ3n) is 6.10. The zero-order valence-corrected chi connectivity index (χ0v) is 15.8. The Morgan fingerprint density at radius 3 is 3.00 bits per heavy atom. The Labute approximate surface area is 154 Å². The van der Waals surface area contributed by atoms with E-state index >= 15 is 0 Å². The van der Waals surface area contributed by atoms with E-state index in [4.69, 9.17) is 16.3 Å². The summed E-state index contributed by atoms with van der Waals surface area (Å²) < 4.78 is 6.40. The quantitative estimate of drug-likeness (QED) is 0.896. The Morgan fingerprint density at radius 2 is 2.28 bits per heavy atom. The van der Waals surface area contributed by atoms with Gasteiger partial charge in [-0.2, -0.15) is 0 Å². The largest absolute Gasteiger partial charge is 0.369 e. The van der Waals surface area contributed by atoms with Gasteiger partial charge in [-0.3, -0.25) is 0 Å². The van der Waals surface area contributed by atoms with Crippen LogP contribution in [-0.2, 0) is 4.74 Å². The second-order valence-corrected chi connectivity index (χ2v) is 8.44. The SMILES string of the molecule is Cc1cccc(Cl)c1NC(=O)N1C[C@@H]2[C@H](CN(C)C)[C@H]3CC[C@]2(C1)O3. The van der Waals surface area contributed by atoms with Crippen molar-refractivity contribution in [1.82, 2.24) is 9.80 Å². The van der Waals surface area contributed by atoms with E-state index in [1.807, 2.05) is 24.0 Å². The Balaban J connectivity index is 1.49. The minimum atomic E-state index is -0.127. The van der Waals surface area contributed by atoms with Gasteiger partial charge in [-0.25, -0.2) is 4.79 Å². The highest BCUT2D eigenvalue weighted by Gasteiger charge is 2.63. The van der Waals surface area contributed by atoms with Crippen molar-refractivity contribution in [1.29, 1.82) is 0 Å². The van der Waals surface area contributed by atoms with Gasteiger partial charge in [0.25, 0.3) is 0 Å². The number of nitrogens with zero attached hydrogens (tertiary/aromatic N) is 2. The van der Waals surface area contributed by atoms with E-state index in [9.17, 15) is 4.79 Å². The van der Waals surface area contributed by atoms with Gasteiger partial charge in [-0.1, -0.05) is 23.7 Å². The number of aryl methyl sites for hydroxylation is 1. The molecule has 0 aliphatic carbocycles. The van der Waals surface area contributed by atoms with Crippen molar-refractivity contribution in [2.75, 3.05) is 39.0 Å². The van der Waals surface area contributed by atoms with E-state index in [1.165, 1.54) is 0 Å². The van der Waals surface area contributed by atoms with Crippen molar-refractivity contribution < 1.29 is 9.53 Å². The Bertz CT molecular complexity index is 675. The number of hydrogen-bond donors (Lipinski definition) is 1. The molecule has 6 heteroatoms. The van der Waals surface area contributed by atoms with Gasteiger partial charge in [0.05, 0.1) is 29.0 Å². The van der Waals surface area contributed by atoms with E-state index in [2.05, 4.69) is 24.3 Å². The normalized spacial score (nSPS) is 33.2. The minimum absolute atomic E-state index is 0.0735. The molecule has 3 saturated heterocycles. The Hall–Kier alpha value is -1.30. The molecule has 136 valence electrons. The molecule has 5 nitrogen and oxygen atoms in total. The predicted molar refractivity (Wildman–Crippen MR) is 99.2 cm³/mol. The number of fused-ring (bicyclic) bond motifs is 1. The van der Waals surface area contributed by atoms with Gasteiger partial charge < -0.3 is 19.9 Å². The lowest BCUT2D eigenvalue weighted by molar-refractivity contribution is 0.00534. The maximum atomic E-state index is 12.8. The number of anilines is 1. The summed E-state index contributed by atoms with van der Waals surface area (Å²) in [6, 6.07) is 5.58. The molecule has 25 heavy (non-hydrogen) atoms. The van der Waals surface area contributed by atoms with E-state index in [-0.39, 0.29) is 11.6 Å². The molecule has 1 aromatic carbocycles. The molecule has 2 bridgehead atoms. The van der Waals surface area contributed by atoms with E-state index in [0.29, 0.717) is 35.2 Å². The lowest BCUT2D eigenvalue weighted by atomic mass is 9.73. The summed E-state index contributed by atoms with van der Waals surface area (Å²) in [5.41, 5.74) is 1.55. The van der Waals surface area contributed by atoms with Crippen molar-refractivity contribution in [3.63, 3.8) is 0 Å². The zero-order chi connectivity index (χ0) is 17.8. The zero-order valence-electron chi connectivity index (χ0n) is 15.1. The summed E-state index contributed by atoms with van der Waals surface area (Å²) in [4.78, 5) is 17.0. The molecule has 0 unspecified atom stereocenters. The minimum Gasteiger partial charge on any atom is -0.369 e.